The second-order valence-corrected chi connectivity index (χ2v) is 3.66. The molecule has 13 heavy (non-hydrogen) atoms. The van der Waals surface area contributed by atoms with Crippen LogP contribution in [0.1, 0.15) is 13.3 Å². The minimum absolute atomic E-state index is 0.0573. The standard InChI is InChI=1S/C13H16/c1-5-11-8-12(6-2)10-13(4,7-3)9-11/h5-9H,1-3,10H2,4H3. The lowest BCUT2D eigenvalue weighted by molar-refractivity contribution is 0.543. The smallest absolute Gasteiger partial charge is 0.00793 e. The molecule has 0 bridgehead atoms. The number of hydrogen-bond donors (Lipinski definition) is 0. The van der Waals surface area contributed by atoms with Crippen LogP contribution in [-0.4, -0.2) is 0 Å². The van der Waals surface area contributed by atoms with E-state index in [1.165, 1.54) is 5.57 Å². The monoisotopic (exact) mass is 172 g/mol. The van der Waals surface area contributed by atoms with Crippen LogP contribution in [0.25, 0.3) is 0 Å². The summed E-state index contributed by atoms with van der Waals surface area (Å²) in [7, 11) is 0. The minimum atomic E-state index is 0.0573. The van der Waals surface area contributed by atoms with Crippen molar-refractivity contribution in [3.8, 4) is 0 Å². The Hall–Kier alpha value is -1.30. The lowest BCUT2D eigenvalue weighted by Gasteiger charge is -2.26. The zero-order valence-electron chi connectivity index (χ0n) is 8.22. The molecule has 0 aliphatic heterocycles. The predicted molar refractivity (Wildman–Crippen MR) is 59.5 cm³/mol. The lowest BCUT2D eigenvalue weighted by Crippen LogP contribution is -2.13. The molecule has 0 saturated heterocycles. The Morgan fingerprint density at radius 3 is 2.46 bits per heavy atom. The van der Waals surface area contributed by atoms with E-state index in [0.717, 1.165) is 12.0 Å². The third-order valence-electron chi connectivity index (χ3n) is 2.40. The predicted octanol–water partition coefficient (Wildman–Crippen LogP) is 3.81. The van der Waals surface area contributed by atoms with Crippen molar-refractivity contribution in [3.63, 3.8) is 0 Å². The molecular weight excluding hydrogens is 156 g/mol. The largest absolute Gasteiger partial charge is 0.102 e. The minimum Gasteiger partial charge on any atom is -0.102 e. The van der Waals surface area contributed by atoms with E-state index in [1.54, 1.807) is 0 Å². The third kappa shape index (κ3) is 2.09. The maximum absolute atomic E-state index is 3.85. The van der Waals surface area contributed by atoms with E-state index < -0.39 is 0 Å². The highest BCUT2D eigenvalue weighted by Crippen LogP contribution is 2.35. The maximum Gasteiger partial charge on any atom is 0.00793 e. The fourth-order valence-electron chi connectivity index (χ4n) is 1.56. The van der Waals surface area contributed by atoms with Gasteiger partial charge in [-0.2, -0.15) is 0 Å². The number of hydrogen-bond acceptors (Lipinski definition) is 0. The molecule has 1 atom stereocenters. The van der Waals surface area contributed by atoms with Gasteiger partial charge in [-0.05, 0) is 17.6 Å². The van der Waals surface area contributed by atoms with Crippen molar-refractivity contribution in [2.75, 3.05) is 0 Å². The molecule has 0 aromatic heterocycles. The van der Waals surface area contributed by atoms with Crippen molar-refractivity contribution in [2.45, 2.75) is 13.3 Å². The zero-order chi connectivity index (χ0) is 9.90. The Balaban J connectivity index is 3.08. The van der Waals surface area contributed by atoms with Gasteiger partial charge in [0.25, 0.3) is 0 Å². The Morgan fingerprint density at radius 2 is 2.00 bits per heavy atom. The summed E-state index contributed by atoms with van der Waals surface area (Å²) in [6.07, 6.45) is 11.0. The van der Waals surface area contributed by atoms with Gasteiger partial charge in [0.2, 0.25) is 0 Å². The quantitative estimate of drug-likeness (QED) is 0.568. The normalized spacial score (nSPS) is 27.2. The van der Waals surface area contributed by atoms with Crippen LogP contribution in [0.5, 0.6) is 0 Å². The van der Waals surface area contributed by atoms with Gasteiger partial charge in [0.15, 0.2) is 0 Å². The van der Waals surface area contributed by atoms with Gasteiger partial charge >= 0.3 is 0 Å². The van der Waals surface area contributed by atoms with E-state index in [4.69, 9.17) is 0 Å². The van der Waals surface area contributed by atoms with Crippen molar-refractivity contribution in [1.29, 1.82) is 0 Å². The third-order valence-corrected chi connectivity index (χ3v) is 2.40. The Morgan fingerprint density at radius 1 is 1.31 bits per heavy atom. The summed E-state index contributed by atoms with van der Waals surface area (Å²) in [4.78, 5) is 0. The van der Waals surface area contributed by atoms with Gasteiger partial charge in [-0.3, -0.25) is 0 Å². The van der Waals surface area contributed by atoms with E-state index in [9.17, 15) is 0 Å². The average molecular weight is 172 g/mol. The molecule has 0 aromatic carbocycles. The van der Waals surface area contributed by atoms with E-state index in [2.05, 4.69) is 38.8 Å². The maximum atomic E-state index is 3.85. The van der Waals surface area contributed by atoms with Gasteiger partial charge in [-0.25, -0.2) is 0 Å². The molecule has 0 nitrogen and oxygen atoms in total. The summed E-state index contributed by atoms with van der Waals surface area (Å²) in [6.45, 7) is 13.6. The van der Waals surface area contributed by atoms with Gasteiger partial charge < -0.3 is 0 Å². The average Bonchev–Trinajstić information content (AvgIpc) is 2.17. The molecule has 1 rings (SSSR count). The molecule has 1 aliphatic rings. The van der Waals surface area contributed by atoms with Crippen molar-refractivity contribution >= 4 is 0 Å². The van der Waals surface area contributed by atoms with Crippen LogP contribution >= 0.6 is 0 Å². The fourth-order valence-corrected chi connectivity index (χ4v) is 1.56. The van der Waals surface area contributed by atoms with Crippen LogP contribution in [0.3, 0.4) is 0 Å². The zero-order valence-corrected chi connectivity index (χ0v) is 8.22. The molecule has 0 spiro atoms. The molecule has 0 saturated carbocycles. The van der Waals surface area contributed by atoms with Crippen molar-refractivity contribution in [1.82, 2.24) is 0 Å². The molecule has 1 aliphatic carbocycles. The Kier molecular flexibility index (Phi) is 2.72. The molecular formula is C13H16. The van der Waals surface area contributed by atoms with Crippen LogP contribution in [0.15, 0.2) is 61.3 Å². The van der Waals surface area contributed by atoms with Gasteiger partial charge in [0, 0.05) is 5.41 Å². The Labute approximate surface area is 80.7 Å². The highest BCUT2D eigenvalue weighted by molar-refractivity contribution is 5.43. The molecule has 0 heterocycles. The molecule has 68 valence electrons. The van der Waals surface area contributed by atoms with E-state index >= 15 is 0 Å². The summed E-state index contributed by atoms with van der Waals surface area (Å²) in [5, 5.41) is 0. The van der Waals surface area contributed by atoms with Crippen LogP contribution < -0.4 is 0 Å². The number of rotatable bonds is 3. The summed E-state index contributed by atoms with van der Waals surface area (Å²) in [5.41, 5.74) is 2.46. The molecule has 0 amide bonds. The first kappa shape index (κ1) is 9.79. The second kappa shape index (κ2) is 3.61. The van der Waals surface area contributed by atoms with Gasteiger partial charge in [-0.15, -0.1) is 6.58 Å². The van der Waals surface area contributed by atoms with Gasteiger partial charge in [-0.1, -0.05) is 50.5 Å². The summed E-state index contributed by atoms with van der Waals surface area (Å²) >= 11 is 0. The summed E-state index contributed by atoms with van der Waals surface area (Å²) < 4.78 is 0. The van der Waals surface area contributed by atoms with Crippen LogP contribution in [-0.2, 0) is 0 Å². The van der Waals surface area contributed by atoms with E-state index in [-0.39, 0.29) is 5.41 Å². The first-order chi connectivity index (χ1) is 6.13. The van der Waals surface area contributed by atoms with Crippen molar-refractivity contribution in [2.24, 2.45) is 5.41 Å². The molecule has 0 aromatic rings. The molecule has 0 N–H and O–H groups in total. The molecule has 0 radical (unpaired) electrons. The highest BCUT2D eigenvalue weighted by Gasteiger charge is 2.21. The second-order valence-electron chi connectivity index (χ2n) is 3.66. The highest BCUT2D eigenvalue weighted by atomic mass is 14.3. The first-order valence-electron chi connectivity index (χ1n) is 4.45. The first-order valence-corrected chi connectivity index (χ1v) is 4.45. The van der Waals surface area contributed by atoms with E-state index in [1.807, 2.05) is 18.2 Å². The topological polar surface area (TPSA) is 0 Å². The number of allylic oxidation sites excluding steroid dienone is 7. The van der Waals surface area contributed by atoms with E-state index in [0.29, 0.717) is 0 Å². The lowest BCUT2D eigenvalue weighted by atomic mass is 9.78. The SMILES string of the molecule is C=CC1=CC(C)(C=C)CC(C=C)=C1. The molecule has 0 fully saturated rings. The van der Waals surface area contributed by atoms with Gasteiger partial charge in [0.1, 0.15) is 0 Å². The van der Waals surface area contributed by atoms with Crippen LogP contribution in [0, 0.1) is 5.41 Å². The fraction of sp³-hybridized carbons (Fsp3) is 0.231. The summed E-state index contributed by atoms with van der Waals surface area (Å²) in [5.74, 6) is 0. The van der Waals surface area contributed by atoms with Crippen LogP contribution in [0.4, 0.5) is 0 Å². The molecule has 1 unspecified atom stereocenters. The van der Waals surface area contributed by atoms with Crippen molar-refractivity contribution in [3.05, 3.63) is 61.3 Å². The molecule has 0 heteroatoms. The van der Waals surface area contributed by atoms with Gasteiger partial charge in [0.05, 0.1) is 0 Å². The van der Waals surface area contributed by atoms with Crippen LogP contribution in [0.2, 0.25) is 0 Å². The summed E-state index contributed by atoms with van der Waals surface area (Å²) in [6, 6.07) is 0. The van der Waals surface area contributed by atoms with Crippen molar-refractivity contribution < 1.29 is 0 Å². The Bertz CT molecular complexity index is 302.